The molecule has 0 saturated carbocycles. The fourth-order valence-corrected chi connectivity index (χ4v) is 4.24. The second kappa shape index (κ2) is 9.69. The first-order chi connectivity index (χ1) is 14.7. The summed E-state index contributed by atoms with van der Waals surface area (Å²) in [5.74, 6) is 2.49. The molecule has 0 radical (unpaired) electrons. The van der Waals surface area contributed by atoms with Gasteiger partial charge in [0, 0.05) is 45.1 Å². The first-order valence-corrected chi connectivity index (χ1v) is 10.6. The molecule has 0 aliphatic carbocycles. The van der Waals surface area contributed by atoms with Gasteiger partial charge in [-0.25, -0.2) is 0 Å². The minimum atomic E-state index is -0.196. The lowest BCUT2D eigenvalue weighted by atomic mass is 9.93. The van der Waals surface area contributed by atoms with Gasteiger partial charge in [-0.3, -0.25) is 4.90 Å². The van der Waals surface area contributed by atoms with Crippen LogP contribution in [0.25, 0.3) is 0 Å². The molecule has 2 aliphatic heterocycles. The molecule has 0 aromatic heterocycles. The summed E-state index contributed by atoms with van der Waals surface area (Å²) in [5, 5.41) is 0. The van der Waals surface area contributed by atoms with Gasteiger partial charge in [0.1, 0.15) is 18.0 Å². The van der Waals surface area contributed by atoms with Crippen molar-refractivity contribution < 1.29 is 23.7 Å². The molecule has 2 aromatic rings. The van der Waals surface area contributed by atoms with E-state index >= 15 is 0 Å². The van der Waals surface area contributed by atoms with Crippen LogP contribution in [0.15, 0.2) is 42.5 Å². The van der Waals surface area contributed by atoms with E-state index in [2.05, 4.69) is 41.3 Å². The van der Waals surface area contributed by atoms with E-state index in [1.165, 1.54) is 11.1 Å². The summed E-state index contributed by atoms with van der Waals surface area (Å²) >= 11 is 0. The third-order valence-corrected chi connectivity index (χ3v) is 5.79. The predicted octanol–water partition coefficient (Wildman–Crippen LogP) is 3.66. The highest BCUT2D eigenvalue weighted by Crippen LogP contribution is 2.36. The van der Waals surface area contributed by atoms with E-state index in [0.29, 0.717) is 13.2 Å². The topological polar surface area (TPSA) is 49.4 Å². The Morgan fingerprint density at radius 3 is 2.63 bits per heavy atom. The highest BCUT2D eigenvalue weighted by Gasteiger charge is 2.39. The first-order valence-electron chi connectivity index (χ1n) is 10.6. The fraction of sp³-hybridized carbons (Fsp3) is 0.500. The molecule has 2 aromatic carbocycles. The molecular weight excluding hydrogens is 382 g/mol. The number of para-hydroxylation sites is 1. The number of methoxy groups -OCH3 is 2. The maximum atomic E-state index is 6.59. The SMILES string of the molecule is COCCOc1ccc(CN2Cc3ccccc3OC3(CCOCC3)C2)cc1OC. The van der Waals surface area contributed by atoms with Crippen LogP contribution in [0.4, 0.5) is 0 Å². The summed E-state index contributed by atoms with van der Waals surface area (Å²) in [5.41, 5.74) is 2.22. The van der Waals surface area contributed by atoms with E-state index in [1.54, 1.807) is 14.2 Å². The number of benzene rings is 2. The summed E-state index contributed by atoms with van der Waals surface area (Å²) in [6.07, 6.45) is 1.82. The molecule has 6 nitrogen and oxygen atoms in total. The quantitative estimate of drug-likeness (QED) is 0.646. The number of ether oxygens (including phenoxy) is 5. The minimum absolute atomic E-state index is 0.196. The Labute approximate surface area is 178 Å². The summed E-state index contributed by atoms with van der Waals surface area (Å²) < 4.78 is 28.6. The normalized spacial score (nSPS) is 18.3. The number of rotatable bonds is 7. The molecular formula is C24H31NO5. The molecule has 0 amide bonds. The Bertz CT molecular complexity index is 834. The van der Waals surface area contributed by atoms with E-state index in [9.17, 15) is 0 Å². The van der Waals surface area contributed by atoms with Crippen molar-refractivity contribution in [1.82, 2.24) is 4.90 Å². The lowest BCUT2D eigenvalue weighted by Gasteiger charge is -2.39. The second-order valence-electron chi connectivity index (χ2n) is 7.98. The van der Waals surface area contributed by atoms with Gasteiger partial charge in [-0.05, 0) is 23.8 Å². The smallest absolute Gasteiger partial charge is 0.161 e. The van der Waals surface area contributed by atoms with Gasteiger partial charge in [-0.2, -0.15) is 0 Å². The zero-order chi connectivity index (χ0) is 20.8. The van der Waals surface area contributed by atoms with E-state index in [1.807, 2.05) is 6.07 Å². The Balaban J connectivity index is 1.54. The van der Waals surface area contributed by atoms with E-state index < -0.39 is 0 Å². The van der Waals surface area contributed by atoms with Gasteiger partial charge in [0.25, 0.3) is 0 Å². The van der Waals surface area contributed by atoms with Gasteiger partial charge in [0.2, 0.25) is 0 Å². The third-order valence-electron chi connectivity index (χ3n) is 5.79. The largest absolute Gasteiger partial charge is 0.493 e. The Morgan fingerprint density at radius 1 is 1.00 bits per heavy atom. The molecule has 6 heteroatoms. The van der Waals surface area contributed by atoms with Crippen LogP contribution >= 0.6 is 0 Å². The van der Waals surface area contributed by atoms with Crippen LogP contribution in [-0.2, 0) is 22.6 Å². The fourth-order valence-electron chi connectivity index (χ4n) is 4.24. The van der Waals surface area contributed by atoms with Gasteiger partial charge < -0.3 is 23.7 Å². The van der Waals surface area contributed by atoms with Crippen molar-refractivity contribution in [3.8, 4) is 17.2 Å². The predicted molar refractivity (Wildman–Crippen MR) is 114 cm³/mol. The van der Waals surface area contributed by atoms with Crippen LogP contribution in [0.3, 0.4) is 0 Å². The van der Waals surface area contributed by atoms with Gasteiger partial charge >= 0.3 is 0 Å². The zero-order valence-corrected chi connectivity index (χ0v) is 17.9. The van der Waals surface area contributed by atoms with Crippen molar-refractivity contribution in [1.29, 1.82) is 0 Å². The molecule has 1 spiro atoms. The lowest BCUT2D eigenvalue weighted by molar-refractivity contribution is -0.0594. The number of hydrogen-bond acceptors (Lipinski definition) is 6. The van der Waals surface area contributed by atoms with Crippen molar-refractivity contribution >= 4 is 0 Å². The van der Waals surface area contributed by atoms with Crippen LogP contribution in [0.1, 0.15) is 24.0 Å². The number of nitrogens with zero attached hydrogens (tertiary/aromatic N) is 1. The lowest BCUT2D eigenvalue weighted by Crippen LogP contribution is -2.49. The summed E-state index contributed by atoms with van der Waals surface area (Å²) in [6, 6.07) is 14.5. The van der Waals surface area contributed by atoms with Gasteiger partial charge in [-0.15, -0.1) is 0 Å². The molecule has 4 rings (SSSR count). The Morgan fingerprint density at radius 2 is 1.83 bits per heavy atom. The van der Waals surface area contributed by atoms with Crippen molar-refractivity contribution in [3.63, 3.8) is 0 Å². The van der Waals surface area contributed by atoms with Gasteiger partial charge in [0.15, 0.2) is 11.5 Å². The Hall–Kier alpha value is -2.28. The Kier molecular flexibility index (Phi) is 6.77. The highest BCUT2D eigenvalue weighted by atomic mass is 16.5. The average molecular weight is 414 g/mol. The molecule has 2 heterocycles. The number of hydrogen-bond donors (Lipinski definition) is 0. The summed E-state index contributed by atoms with van der Waals surface area (Å²) in [7, 11) is 3.34. The van der Waals surface area contributed by atoms with Crippen LogP contribution in [0, 0.1) is 0 Å². The molecule has 0 unspecified atom stereocenters. The zero-order valence-electron chi connectivity index (χ0n) is 17.9. The van der Waals surface area contributed by atoms with Crippen molar-refractivity contribution in [2.24, 2.45) is 0 Å². The van der Waals surface area contributed by atoms with Crippen molar-refractivity contribution in [3.05, 3.63) is 53.6 Å². The van der Waals surface area contributed by atoms with Crippen LogP contribution in [0.2, 0.25) is 0 Å². The molecule has 1 fully saturated rings. The van der Waals surface area contributed by atoms with Gasteiger partial charge in [0.05, 0.1) is 26.9 Å². The highest BCUT2D eigenvalue weighted by molar-refractivity contribution is 5.43. The molecule has 30 heavy (non-hydrogen) atoms. The van der Waals surface area contributed by atoms with E-state index in [0.717, 1.165) is 62.9 Å². The standard InChI is InChI=1S/C24H31NO5/c1-26-13-14-29-22-8-7-19(15-23(22)27-2)16-25-17-20-5-3-4-6-21(20)30-24(18-25)9-11-28-12-10-24/h3-8,15H,9-14,16-18H2,1-2H3. The molecule has 0 atom stereocenters. The maximum Gasteiger partial charge on any atom is 0.161 e. The van der Waals surface area contributed by atoms with E-state index in [-0.39, 0.29) is 5.60 Å². The molecule has 162 valence electrons. The number of fused-ring (bicyclic) bond motifs is 1. The van der Waals surface area contributed by atoms with Crippen LogP contribution in [-0.4, -0.2) is 57.7 Å². The monoisotopic (exact) mass is 413 g/mol. The average Bonchev–Trinajstić information content (AvgIpc) is 2.91. The molecule has 0 bridgehead atoms. The maximum absolute atomic E-state index is 6.59. The van der Waals surface area contributed by atoms with Gasteiger partial charge in [-0.1, -0.05) is 24.3 Å². The van der Waals surface area contributed by atoms with E-state index in [4.69, 9.17) is 23.7 Å². The van der Waals surface area contributed by atoms with Crippen LogP contribution < -0.4 is 14.2 Å². The summed E-state index contributed by atoms with van der Waals surface area (Å²) in [4.78, 5) is 2.47. The molecule has 2 aliphatic rings. The van der Waals surface area contributed by atoms with Crippen LogP contribution in [0.5, 0.6) is 17.2 Å². The molecule has 1 saturated heterocycles. The summed E-state index contributed by atoms with van der Waals surface area (Å²) in [6.45, 7) is 5.08. The molecule has 0 N–H and O–H groups in total. The third kappa shape index (κ3) is 4.89. The minimum Gasteiger partial charge on any atom is -0.493 e. The van der Waals surface area contributed by atoms with Crippen molar-refractivity contribution in [2.45, 2.75) is 31.5 Å². The first kappa shape index (κ1) is 21.0. The van der Waals surface area contributed by atoms with Crippen molar-refractivity contribution in [2.75, 3.05) is 47.2 Å². The second-order valence-corrected chi connectivity index (χ2v) is 7.98.